The molecule has 8 heteroatoms. The molecule has 3 aromatic carbocycles. The minimum atomic E-state index is -0.157. The van der Waals surface area contributed by atoms with Crippen LogP contribution in [0.4, 0.5) is 17.1 Å². The average Bonchev–Trinajstić information content (AvgIpc) is 3.38. The van der Waals surface area contributed by atoms with Gasteiger partial charge in [0.05, 0.1) is 11.4 Å². The molecule has 5 rings (SSSR count). The lowest BCUT2D eigenvalue weighted by Gasteiger charge is -2.32. The van der Waals surface area contributed by atoms with E-state index >= 15 is 0 Å². The zero-order valence-electron chi connectivity index (χ0n) is 19.1. The number of nitrogens with zero attached hydrogens (tertiary/aromatic N) is 3. The third kappa shape index (κ3) is 5.55. The molecule has 7 nitrogen and oxygen atoms in total. The van der Waals surface area contributed by atoms with Gasteiger partial charge in [-0.1, -0.05) is 48.2 Å². The Labute approximate surface area is 208 Å². The number of rotatable bonds is 8. The number of aromatic nitrogens is 2. The van der Waals surface area contributed by atoms with E-state index in [4.69, 9.17) is 0 Å². The summed E-state index contributed by atoms with van der Waals surface area (Å²) in [5.74, 6) is -0.179. The summed E-state index contributed by atoms with van der Waals surface area (Å²) in [5.41, 5.74) is 3.86. The molecule has 2 heterocycles. The van der Waals surface area contributed by atoms with Crippen molar-refractivity contribution in [2.24, 2.45) is 0 Å². The molecule has 2 amide bonds. The van der Waals surface area contributed by atoms with Crippen molar-refractivity contribution < 1.29 is 9.59 Å². The molecule has 1 aliphatic heterocycles. The van der Waals surface area contributed by atoms with Gasteiger partial charge in [-0.2, -0.15) is 5.10 Å². The molecular formula is C27H25N5O2S. The van der Waals surface area contributed by atoms with Gasteiger partial charge in [-0.25, -0.2) is 0 Å². The fourth-order valence-electron chi connectivity index (χ4n) is 4.03. The highest BCUT2D eigenvalue weighted by Crippen LogP contribution is 2.47. The van der Waals surface area contributed by atoms with Crippen molar-refractivity contribution in [2.45, 2.75) is 29.3 Å². The second-order valence-electron chi connectivity index (χ2n) is 8.17. The van der Waals surface area contributed by atoms with E-state index in [1.54, 1.807) is 34.9 Å². The third-order valence-corrected chi connectivity index (χ3v) is 6.79. The Hall–Kier alpha value is -4.04. The Morgan fingerprint density at radius 1 is 0.857 bits per heavy atom. The molecule has 2 N–H and O–H groups in total. The number of hydrogen-bond acceptors (Lipinski definition) is 5. The molecule has 0 aliphatic carbocycles. The maximum atomic E-state index is 12.7. The quantitative estimate of drug-likeness (QED) is 0.375. The standard InChI is InChI=1S/C27H25N5O2S/c33-26(13-16-32-22-9-1-3-11-24(22)35-25-12-4-2-10-23(25)32)28-18-20-7-5-8-21(17-20)30-27(34)19-31-15-6-14-29-31/h1-12,14-15,17H,13,16,18-19H2,(H,28,33)(H,30,34). The van der Waals surface area contributed by atoms with Gasteiger partial charge in [0, 0.05) is 47.4 Å². The first-order chi connectivity index (χ1) is 17.2. The molecule has 176 valence electrons. The number of amides is 2. The van der Waals surface area contributed by atoms with Crippen molar-refractivity contribution >= 4 is 40.6 Å². The molecule has 0 saturated heterocycles. The maximum absolute atomic E-state index is 12.7. The largest absolute Gasteiger partial charge is 0.352 e. The fraction of sp³-hybridized carbons (Fsp3) is 0.148. The summed E-state index contributed by atoms with van der Waals surface area (Å²) in [4.78, 5) is 29.5. The Balaban J connectivity index is 1.16. The average molecular weight is 484 g/mol. The van der Waals surface area contributed by atoms with Crippen LogP contribution in [0.3, 0.4) is 0 Å². The first-order valence-corrected chi connectivity index (χ1v) is 12.2. The summed E-state index contributed by atoms with van der Waals surface area (Å²) in [7, 11) is 0. The normalized spacial score (nSPS) is 11.9. The van der Waals surface area contributed by atoms with Gasteiger partial charge in [0.2, 0.25) is 11.8 Å². The van der Waals surface area contributed by atoms with Gasteiger partial charge in [0.25, 0.3) is 0 Å². The van der Waals surface area contributed by atoms with Crippen molar-refractivity contribution in [1.29, 1.82) is 0 Å². The van der Waals surface area contributed by atoms with Crippen LogP contribution >= 0.6 is 11.8 Å². The first-order valence-electron chi connectivity index (χ1n) is 11.4. The molecule has 0 fully saturated rings. The summed E-state index contributed by atoms with van der Waals surface area (Å²) in [6, 6.07) is 25.8. The lowest BCUT2D eigenvalue weighted by molar-refractivity contribution is -0.121. The molecule has 0 spiro atoms. The van der Waals surface area contributed by atoms with Crippen molar-refractivity contribution in [1.82, 2.24) is 15.1 Å². The molecule has 4 aromatic rings. The van der Waals surface area contributed by atoms with E-state index in [0.29, 0.717) is 25.2 Å². The molecule has 0 radical (unpaired) electrons. The van der Waals surface area contributed by atoms with E-state index in [9.17, 15) is 9.59 Å². The van der Waals surface area contributed by atoms with Gasteiger partial charge in [-0.15, -0.1) is 0 Å². The van der Waals surface area contributed by atoms with Gasteiger partial charge < -0.3 is 15.5 Å². The molecule has 1 aromatic heterocycles. The van der Waals surface area contributed by atoms with E-state index in [1.807, 2.05) is 48.5 Å². The van der Waals surface area contributed by atoms with Crippen molar-refractivity contribution in [3.63, 3.8) is 0 Å². The number of fused-ring (bicyclic) bond motifs is 2. The molecule has 35 heavy (non-hydrogen) atoms. The molecule has 0 unspecified atom stereocenters. The summed E-state index contributed by atoms with van der Waals surface area (Å²) in [6.07, 6.45) is 3.75. The summed E-state index contributed by atoms with van der Waals surface area (Å²) in [5, 5.41) is 9.92. The number of anilines is 3. The van der Waals surface area contributed by atoms with Gasteiger partial charge in [0.15, 0.2) is 0 Å². The zero-order chi connectivity index (χ0) is 24.0. The Bertz CT molecular complexity index is 1290. The fourth-order valence-corrected chi connectivity index (χ4v) is 5.12. The van der Waals surface area contributed by atoms with E-state index in [2.05, 4.69) is 44.9 Å². The van der Waals surface area contributed by atoms with Crippen molar-refractivity contribution in [2.75, 3.05) is 16.8 Å². The van der Waals surface area contributed by atoms with Crippen LogP contribution in [0.2, 0.25) is 0 Å². The van der Waals surface area contributed by atoms with E-state index in [-0.39, 0.29) is 18.4 Å². The number of nitrogens with one attached hydrogen (secondary N) is 2. The van der Waals surface area contributed by atoms with Crippen LogP contribution in [-0.4, -0.2) is 28.1 Å². The van der Waals surface area contributed by atoms with Crippen LogP contribution in [0.1, 0.15) is 12.0 Å². The molecule has 0 bridgehead atoms. The predicted molar refractivity (Wildman–Crippen MR) is 138 cm³/mol. The molecule has 0 atom stereocenters. The van der Waals surface area contributed by atoms with Crippen LogP contribution < -0.4 is 15.5 Å². The predicted octanol–water partition coefficient (Wildman–Crippen LogP) is 4.83. The summed E-state index contributed by atoms with van der Waals surface area (Å²) in [6.45, 7) is 1.13. The smallest absolute Gasteiger partial charge is 0.246 e. The topological polar surface area (TPSA) is 79.3 Å². The minimum Gasteiger partial charge on any atom is -0.352 e. The van der Waals surface area contributed by atoms with Crippen LogP contribution in [0.25, 0.3) is 0 Å². The van der Waals surface area contributed by atoms with Gasteiger partial charge in [0.1, 0.15) is 6.54 Å². The van der Waals surface area contributed by atoms with E-state index in [0.717, 1.165) is 16.9 Å². The van der Waals surface area contributed by atoms with E-state index in [1.165, 1.54) is 9.79 Å². The lowest BCUT2D eigenvalue weighted by atomic mass is 10.2. The van der Waals surface area contributed by atoms with Gasteiger partial charge in [-0.3, -0.25) is 14.3 Å². The van der Waals surface area contributed by atoms with Gasteiger partial charge in [-0.05, 0) is 48.0 Å². The van der Waals surface area contributed by atoms with Crippen LogP contribution in [0.5, 0.6) is 0 Å². The highest BCUT2D eigenvalue weighted by atomic mass is 32.2. The second kappa shape index (κ2) is 10.5. The minimum absolute atomic E-state index is 0.0219. The summed E-state index contributed by atoms with van der Waals surface area (Å²) >= 11 is 1.76. The highest BCUT2D eigenvalue weighted by Gasteiger charge is 2.23. The van der Waals surface area contributed by atoms with Crippen LogP contribution in [0.15, 0.2) is 101 Å². The number of benzene rings is 3. The highest BCUT2D eigenvalue weighted by molar-refractivity contribution is 7.99. The Morgan fingerprint density at radius 2 is 1.60 bits per heavy atom. The SMILES string of the molecule is O=C(CCN1c2ccccc2Sc2ccccc21)NCc1cccc(NC(=O)Cn2cccn2)c1. The number of carbonyl (C=O) groups excluding carboxylic acids is 2. The van der Waals surface area contributed by atoms with Crippen molar-refractivity contribution in [3.8, 4) is 0 Å². The summed E-state index contributed by atoms with van der Waals surface area (Å²) < 4.78 is 1.57. The zero-order valence-corrected chi connectivity index (χ0v) is 19.9. The van der Waals surface area contributed by atoms with E-state index < -0.39 is 0 Å². The number of hydrogen-bond donors (Lipinski definition) is 2. The number of para-hydroxylation sites is 2. The number of carbonyl (C=O) groups is 2. The molecule has 1 aliphatic rings. The molecule has 0 saturated carbocycles. The monoisotopic (exact) mass is 483 g/mol. The van der Waals surface area contributed by atoms with Crippen molar-refractivity contribution in [3.05, 3.63) is 96.8 Å². The maximum Gasteiger partial charge on any atom is 0.246 e. The lowest BCUT2D eigenvalue weighted by Crippen LogP contribution is -2.29. The second-order valence-corrected chi connectivity index (χ2v) is 9.25. The Kier molecular flexibility index (Phi) is 6.81. The third-order valence-electron chi connectivity index (χ3n) is 5.66. The Morgan fingerprint density at radius 3 is 2.31 bits per heavy atom. The first kappa shape index (κ1) is 22.7. The van der Waals surface area contributed by atoms with Crippen LogP contribution in [0, 0.1) is 0 Å². The van der Waals surface area contributed by atoms with Gasteiger partial charge >= 0.3 is 0 Å². The molecular weight excluding hydrogens is 458 g/mol. The van der Waals surface area contributed by atoms with Crippen LogP contribution in [-0.2, 0) is 22.7 Å².